The Labute approximate surface area is 208 Å². The van der Waals surface area contributed by atoms with E-state index in [-0.39, 0.29) is 0 Å². The smallest absolute Gasteiger partial charge is 0.0272 e. The van der Waals surface area contributed by atoms with E-state index in [0.717, 1.165) is 17.8 Å². The highest BCUT2D eigenvalue weighted by Crippen LogP contribution is 2.55. The second kappa shape index (κ2) is 13.3. The summed E-state index contributed by atoms with van der Waals surface area (Å²) < 4.78 is 0. The minimum Gasteiger partial charge on any atom is -0.300 e. The molecule has 0 radical (unpaired) electrons. The Kier molecular flexibility index (Phi) is 11.5. The number of rotatable bonds is 13. The third kappa shape index (κ3) is 6.87. The first-order valence-corrected chi connectivity index (χ1v) is 14.5. The summed E-state index contributed by atoms with van der Waals surface area (Å²) in [4.78, 5) is 2.56. The first kappa shape index (κ1) is 28.4. The molecule has 0 aromatic heterocycles. The number of nitrogens with zero attached hydrogens (tertiary/aromatic N) is 1. The molecule has 3 unspecified atom stereocenters. The van der Waals surface area contributed by atoms with E-state index in [1.165, 1.54) is 77.2 Å². The highest BCUT2D eigenvalue weighted by molar-refractivity contribution is 5.51. The minimum absolute atomic E-state index is 0.549. The van der Waals surface area contributed by atoms with E-state index in [1.807, 2.05) is 11.1 Å². The molecule has 4 atom stereocenters. The Morgan fingerprint density at radius 2 is 1.79 bits per heavy atom. The number of hydrogen-bond acceptors (Lipinski definition) is 1. The quantitative estimate of drug-likeness (QED) is 0.250. The van der Waals surface area contributed by atoms with Gasteiger partial charge in [-0.15, -0.1) is 0 Å². The Balaban J connectivity index is 2.24. The molecule has 0 bridgehead atoms. The summed E-state index contributed by atoms with van der Waals surface area (Å²) in [5.74, 6) is 2.23. The minimum atomic E-state index is 0.549. The Morgan fingerprint density at radius 1 is 1.12 bits per heavy atom. The third-order valence-corrected chi connectivity index (χ3v) is 9.17. The molecule has 0 amide bonds. The van der Waals surface area contributed by atoms with E-state index in [9.17, 15) is 0 Å². The zero-order valence-corrected chi connectivity index (χ0v) is 23.9. The van der Waals surface area contributed by atoms with Crippen LogP contribution in [0.4, 0.5) is 0 Å². The lowest BCUT2D eigenvalue weighted by molar-refractivity contribution is 0.205. The molecule has 0 saturated carbocycles. The average Bonchev–Trinajstić information content (AvgIpc) is 2.95. The van der Waals surface area contributed by atoms with Crippen LogP contribution in [-0.2, 0) is 0 Å². The summed E-state index contributed by atoms with van der Waals surface area (Å²) in [7, 11) is 2.31. The summed E-state index contributed by atoms with van der Waals surface area (Å²) in [5.41, 5.74) is 7.78. The Morgan fingerprint density at radius 3 is 2.33 bits per heavy atom. The van der Waals surface area contributed by atoms with Gasteiger partial charge in [0.1, 0.15) is 0 Å². The van der Waals surface area contributed by atoms with Crippen molar-refractivity contribution in [2.24, 2.45) is 23.2 Å². The van der Waals surface area contributed by atoms with E-state index in [2.05, 4.69) is 79.5 Å². The first-order chi connectivity index (χ1) is 15.8. The summed E-state index contributed by atoms with van der Waals surface area (Å²) in [6.07, 6.45) is 19.3. The standard InChI is InChI=1S/C32H57N/c1-10-15-27(13-4)33(9)21-17-24(6)22-29-26(8)28(14-5)31-25(7)16-20-32(18-11-2,19-12-3)23-30(29)31/h10,15,24-25,27-28H,11-14,16-23H2,1-9H3/b15-10+/t24?,25?,27?,28-/m1/s1. The fourth-order valence-corrected chi connectivity index (χ4v) is 7.34. The lowest BCUT2D eigenvalue weighted by atomic mass is 9.71. The SMILES string of the molecule is C/C=C/C(CC)N(C)CCC(C)CC1=C(C)[C@@H](CC)C2=C1CC(CCC)(CCC)CCC2C. The van der Waals surface area contributed by atoms with Gasteiger partial charge in [-0.05, 0) is 114 Å². The van der Waals surface area contributed by atoms with E-state index < -0.39 is 0 Å². The van der Waals surface area contributed by atoms with Gasteiger partial charge < -0.3 is 0 Å². The molecule has 0 fully saturated rings. The normalized spacial score (nSPS) is 25.2. The van der Waals surface area contributed by atoms with Gasteiger partial charge in [-0.25, -0.2) is 0 Å². The maximum atomic E-state index is 2.56. The molecule has 0 spiro atoms. The van der Waals surface area contributed by atoms with Gasteiger partial charge in [0.25, 0.3) is 0 Å². The van der Waals surface area contributed by atoms with Crippen LogP contribution in [0, 0.1) is 23.2 Å². The van der Waals surface area contributed by atoms with Gasteiger partial charge in [0, 0.05) is 12.0 Å². The van der Waals surface area contributed by atoms with Crippen molar-refractivity contribution in [1.29, 1.82) is 0 Å². The van der Waals surface area contributed by atoms with Crippen LogP contribution in [0.3, 0.4) is 0 Å². The summed E-state index contributed by atoms with van der Waals surface area (Å²) in [6, 6.07) is 0.583. The molecule has 0 heterocycles. The van der Waals surface area contributed by atoms with E-state index in [1.54, 1.807) is 11.1 Å². The molecule has 0 aliphatic heterocycles. The molecule has 0 saturated heterocycles. The van der Waals surface area contributed by atoms with Gasteiger partial charge in [0.05, 0.1) is 0 Å². The van der Waals surface area contributed by atoms with Crippen LogP contribution in [0.15, 0.2) is 34.4 Å². The molecule has 33 heavy (non-hydrogen) atoms. The van der Waals surface area contributed by atoms with Crippen molar-refractivity contribution in [2.45, 2.75) is 132 Å². The third-order valence-electron chi connectivity index (χ3n) is 9.17. The lowest BCUT2D eigenvalue weighted by Gasteiger charge is -2.34. The second-order valence-electron chi connectivity index (χ2n) is 11.8. The van der Waals surface area contributed by atoms with Gasteiger partial charge in [-0.3, -0.25) is 4.90 Å². The molecule has 0 aromatic rings. The maximum Gasteiger partial charge on any atom is 0.0272 e. The molecular formula is C32H57N. The van der Waals surface area contributed by atoms with Crippen molar-refractivity contribution in [2.75, 3.05) is 13.6 Å². The highest BCUT2D eigenvalue weighted by Gasteiger charge is 2.41. The van der Waals surface area contributed by atoms with Crippen LogP contribution >= 0.6 is 0 Å². The molecular weight excluding hydrogens is 398 g/mol. The van der Waals surface area contributed by atoms with Gasteiger partial charge in [-0.2, -0.15) is 0 Å². The van der Waals surface area contributed by atoms with Gasteiger partial charge in [-0.1, -0.05) is 77.7 Å². The van der Waals surface area contributed by atoms with Gasteiger partial charge >= 0.3 is 0 Å². The van der Waals surface area contributed by atoms with Crippen molar-refractivity contribution < 1.29 is 0 Å². The monoisotopic (exact) mass is 455 g/mol. The maximum absolute atomic E-state index is 2.56. The van der Waals surface area contributed by atoms with Crippen molar-refractivity contribution in [1.82, 2.24) is 4.90 Å². The second-order valence-corrected chi connectivity index (χ2v) is 11.8. The first-order valence-electron chi connectivity index (χ1n) is 14.5. The van der Waals surface area contributed by atoms with Crippen LogP contribution in [0.5, 0.6) is 0 Å². The molecule has 1 nitrogen and oxygen atoms in total. The Hall–Kier alpha value is -0.820. The fourth-order valence-electron chi connectivity index (χ4n) is 7.34. The fraction of sp³-hybridized carbons (Fsp3) is 0.812. The topological polar surface area (TPSA) is 3.24 Å². The molecule has 2 aliphatic rings. The van der Waals surface area contributed by atoms with Crippen molar-refractivity contribution in [3.63, 3.8) is 0 Å². The highest BCUT2D eigenvalue weighted by atomic mass is 15.1. The van der Waals surface area contributed by atoms with Crippen molar-refractivity contribution in [3.8, 4) is 0 Å². The summed E-state index contributed by atoms with van der Waals surface area (Å²) in [5, 5.41) is 0. The van der Waals surface area contributed by atoms with Crippen molar-refractivity contribution >= 4 is 0 Å². The molecule has 0 aromatic carbocycles. The van der Waals surface area contributed by atoms with Crippen molar-refractivity contribution in [3.05, 3.63) is 34.4 Å². The largest absolute Gasteiger partial charge is 0.300 e. The van der Waals surface area contributed by atoms with Crippen LogP contribution in [0.25, 0.3) is 0 Å². The van der Waals surface area contributed by atoms with Gasteiger partial charge in [0.15, 0.2) is 0 Å². The average molecular weight is 456 g/mol. The zero-order valence-electron chi connectivity index (χ0n) is 23.9. The Bertz CT molecular complexity index is 687. The summed E-state index contributed by atoms with van der Waals surface area (Å²) >= 11 is 0. The van der Waals surface area contributed by atoms with Crippen LogP contribution in [-0.4, -0.2) is 24.5 Å². The van der Waals surface area contributed by atoms with Crippen LogP contribution in [0.1, 0.15) is 126 Å². The molecule has 2 rings (SSSR count). The lowest BCUT2D eigenvalue weighted by Crippen LogP contribution is -2.31. The number of likely N-dealkylation sites (N-methyl/N-ethyl adjacent to an activating group) is 1. The van der Waals surface area contributed by atoms with Gasteiger partial charge in [0.2, 0.25) is 0 Å². The number of allylic oxidation sites excluding steroid dienone is 5. The number of hydrogen-bond donors (Lipinski definition) is 0. The zero-order chi connectivity index (χ0) is 24.6. The van der Waals surface area contributed by atoms with Crippen LogP contribution < -0.4 is 0 Å². The summed E-state index contributed by atoms with van der Waals surface area (Å²) in [6.45, 7) is 20.4. The molecule has 190 valence electrons. The van der Waals surface area contributed by atoms with E-state index >= 15 is 0 Å². The predicted molar refractivity (Wildman–Crippen MR) is 149 cm³/mol. The molecule has 2 aliphatic carbocycles. The predicted octanol–water partition coefficient (Wildman–Crippen LogP) is 9.75. The molecule has 0 N–H and O–H groups in total. The van der Waals surface area contributed by atoms with E-state index in [4.69, 9.17) is 0 Å². The van der Waals surface area contributed by atoms with E-state index in [0.29, 0.717) is 11.5 Å². The molecule has 1 heteroatoms. The van der Waals surface area contributed by atoms with Crippen LogP contribution in [0.2, 0.25) is 0 Å².